The van der Waals surface area contributed by atoms with E-state index in [0.717, 1.165) is 23.9 Å². The second-order valence-electron chi connectivity index (χ2n) is 5.06. The number of hydrogen-bond donors (Lipinski definition) is 1. The van der Waals surface area contributed by atoms with Crippen molar-refractivity contribution in [2.75, 3.05) is 11.5 Å². The summed E-state index contributed by atoms with van der Waals surface area (Å²) in [5.74, 6) is -0.0521. The Balaban J connectivity index is 2.88. The van der Waals surface area contributed by atoms with Gasteiger partial charge in [-0.05, 0) is 23.6 Å². The van der Waals surface area contributed by atoms with Gasteiger partial charge < -0.3 is 5.32 Å². The fraction of sp³-hybridized carbons (Fsp3) is 0.467. The molecule has 0 aliphatic heterocycles. The lowest BCUT2D eigenvalue weighted by Crippen LogP contribution is -2.33. The van der Waals surface area contributed by atoms with Crippen LogP contribution in [0.5, 0.6) is 0 Å². The number of benzene rings is 1. The average molecular weight is 330 g/mol. The van der Waals surface area contributed by atoms with Crippen molar-refractivity contribution in [1.29, 1.82) is 5.26 Å². The number of nitrogens with one attached hydrogen (secondary N) is 1. The lowest BCUT2D eigenvalue weighted by Gasteiger charge is -2.23. The van der Waals surface area contributed by atoms with Crippen molar-refractivity contribution < 1.29 is 18.0 Å². The van der Waals surface area contributed by atoms with Crippen molar-refractivity contribution in [1.82, 2.24) is 5.32 Å². The molecule has 0 bridgehead atoms. The summed E-state index contributed by atoms with van der Waals surface area (Å²) in [5.41, 5.74) is -0.313. The summed E-state index contributed by atoms with van der Waals surface area (Å²) >= 11 is 1.16. The Morgan fingerprint density at radius 1 is 1.41 bits per heavy atom. The molecule has 1 aromatic rings. The first-order valence-electron chi connectivity index (χ1n) is 6.67. The van der Waals surface area contributed by atoms with Crippen LogP contribution in [0.3, 0.4) is 0 Å². The van der Waals surface area contributed by atoms with E-state index in [4.69, 9.17) is 5.26 Å². The van der Waals surface area contributed by atoms with Crippen LogP contribution in [0.1, 0.15) is 31.0 Å². The topological polar surface area (TPSA) is 52.9 Å². The summed E-state index contributed by atoms with van der Waals surface area (Å²) < 4.78 is 38.3. The summed E-state index contributed by atoms with van der Waals surface area (Å²) in [6, 6.07) is 6.39. The van der Waals surface area contributed by atoms with Gasteiger partial charge in [-0.2, -0.15) is 18.4 Å². The minimum Gasteiger partial charge on any atom is -0.348 e. The van der Waals surface area contributed by atoms with Crippen molar-refractivity contribution >= 4 is 17.7 Å². The van der Waals surface area contributed by atoms with Crippen molar-refractivity contribution in [2.45, 2.75) is 26.1 Å². The zero-order valence-corrected chi connectivity index (χ0v) is 13.1. The van der Waals surface area contributed by atoms with E-state index in [1.165, 1.54) is 6.07 Å². The third kappa shape index (κ3) is 5.60. The molecule has 120 valence electrons. The molecule has 0 fully saturated rings. The first-order chi connectivity index (χ1) is 10.3. The van der Waals surface area contributed by atoms with Gasteiger partial charge in [-0.15, -0.1) is 11.8 Å². The summed E-state index contributed by atoms with van der Waals surface area (Å²) in [5, 5.41) is 11.2. The summed E-state index contributed by atoms with van der Waals surface area (Å²) in [7, 11) is 0. The Kier molecular flexibility index (Phi) is 6.75. The van der Waals surface area contributed by atoms with E-state index in [0.29, 0.717) is 5.56 Å². The molecule has 0 aromatic heterocycles. The van der Waals surface area contributed by atoms with Crippen LogP contribution in [0, 0.1) is 17.2 Å². The minimum absolute atomic E-state index is 0.0617. The van der Waals surface area contributed by atoms with Crippen LogP contribution in [0.25, 0.3) is 0 Å². The van der Waals surface area contributed by atoms with E-state index in [1.807, 2.05) is 19.9 Å². The van der Waals surface area contributed by atoms with Gasteiger partial charge in [-0.1, -0.05) is 26.0 Å². The molecular formula is C15H17F3N2OS. The van der Waals surface area contributed by atoms with Gasteiger partial charge in [0.25, 0.3) is 0 Å². The summed E-state index contributed by atoms with van der Waals surface area (Å²) in [6.07, 6.45) is -4.41. The zero-order chi connectivity index (χ0) is 16.8. The highest BCUT2D eigenvalue weighted by molar-refractivity contribution is 8.00. The van der Waals surface area contributed by atoms with Gasteiger partial charge in [0, 0.05) is 0 Å². The van der Waals surface area contributed by atoms with Crippen molar-refractivity contribution in [2.24, 2.45) is 5.92 Å². The third-order valence-electron chi connectivity index (χ3n) is 2.96. The maximum absolute atomic E-state index is 12.8. The molecule has 1 atom stereocenters. The van der Waals surface area contributed by atoms with Crippen LogP contribution in [-0.2, 0) is 11.0 Å². The van der Waals surface area contributed by atoms with Gasteiger partial charge in [0.15, 0.2) is 0 Å². The number of alkyl halides is 3. The number of carbonyl (C=O) groups is 1. The highest BCUT2D eigenvalue weighted by atomic mass is 32.2. The van der Waals surface area contributed by atoms with Gasteiger partial charge >= 0.3 is 6.18 Å². The van der Waals surface area contributed by atoms with Crippen LogP contribution in [0.2, 0.25) is 0 Å². The van der Waals surface area contributed by atoms with Gasteiger partial charge in [-0.3, -0.25) is 4.79 Å². The number of thioether (sulfide) groups is 1. The summed E-state index contributed by atoms with van der Waals surface area (Å²) in [6.45, 7) is 3.65. The van der Waals surface area contributed by atoms with Crippen LogP contribution in [-0.4, -0.2) is 17.4 Å². The van der Waals surface area contributed by atoms with Gasteiger partial charge in [-0.25, -0.2) is 0 Å². The molecule has 0 radical (unpaired) electrons. The van der Waals surface area contributed by atoms with Crippen molar-refractivity contribution in [3.8, 4) is 6.07 Å². The number of halogens is 3. The predicted molar refractivity (Wildman–Crippen MR) is 80.1 cm³/mol. The Morgan fingerprint density at radius 3 is 2.64 bits per heavy atom. The molecule has 22 heavy (non-hydrogen) atoms. The fourth-order valence-corrected chi connectivity index (χ4v) is 2.41. The number of nitrogens with zero attached hydrogens (tertiary/aromatic N) is 1. The van der Waals surface area contributed by atoms with E-state index in [9.17, 15) is 18.0 Å². The lowest BCUT2D eigenvalue weighted by atomic mass is 9.94. The first kappa shape index (κ1) is 18.4. The largest absolute Gasteiger partial charge is 0.416 e. The Morgan fingerprint density at radius 2 is 2.09 bits per heavy atom. The smallest absolute Gasteiger partial charge is 0.348 e. The number of hydrogen-bond acceptors (Lipinski definition) is 3. The SMILES string of the molecule is CC(C)[C@H](NC(=O)CSCC#N)c1cccc(C(F)(F)F)c1. The third-order valence-corrected chi connectivity index (χ3v) is 3.76. The van der Waals surface area contributed by atoms with E-state index in [2.05, 4.69) is 5.32 Å². The molecule has 0 heterocycles. The maximum Gasteiger partial charge on any atom is 0.416 e. The van der Waals surface area contributed by atoms with E-state index >= 15 is 0 Å². The molecule has 0 saturated heterocycles. The van der Waals surface area contributed by atoms with Crippen molar-refractivity contribution in [3.05, 3.63) is 35.4 Å². The maximum atomic E-state index is 12.8. The second-order valence-corrected chi connectivity index (χ2v) is 6.05. The van der Waals surface area contributed by atoms with Gasteiger partial charge in [0.2, 0.25) is 5.91 Å². The molecule has 0 unspecified atom stereocenters. The molecule has 0 aliphatic rings. The normalized spacial score (nSPS) is 12.8. The monoisotopic (exact) mass is 330 g/mol. The summed E-state index contributed by atoms with van der Waals surface area (Å²) in [4.78, 5) is 11.8. The standard InChI is InChI=1S/C15H17F3N2OS/c1-10(2)14(20-13(21)9-22-7-6-19)11-4-3-5-12(8-11)15(16,17)18/h3-5,8,10,14H,7,9H2,1-2H3,(H,20,21)/t14-/m0/s1. The number of carbonyl (C=O) groups excluding carboxylic acids is 1. The van der Waals surface area contributed by atoms with Gasteiger partial charge in [0.1, 0.15) is 0 Å². The molecule has 1 rings (SSSR count). The molecule has 1 amide bonds. The molecular weight excluding hydrogens is 313 g/mol. The lowest BCUT2D eigenvalue weighted by molar-refractivity contribution is -0.137. The van der Waals surface area contributed by atoms with Crippen LogP contribution in [0.4, 0.5) is 13.2 Å². The van der Waals surface area contributed by atoms with Crippen LogP contribution < -0.4 is 5.32 Å². The Labute approximate surface area is 131 Å². The minimum atomic E-state index is -4.41. The number of rotatable bonds is 6. The molecule has 1 N–H and O–H groups in total. The first-order valence-corrected chi connectivity index (χ1v) is 7.82. The number of amides is 1. The molecule has 0 spiro atoms. The van der Waals surface area contributed by atoms with Crippen LogP contribution in [0.15, 0.2) is 24.3 Å². The molecule has 7 heteroatoms. The second kappa shape index (κ2) is 8.08. The number of nitriles is 1. The molecule has 1 aromatic carbocycles. The Hall–Kier alpha value is -1.68. The molecule has 0 saturated carbocycles. The van der Waals surface area contributed by atoms with Gasteiger partial charge in [0.05, 0.1) is 29.2 Å². The molecule has 3 nitrogen and oxygen atoms in total. The predicted octanol–water partition coefficient (Wildman–Crippen LogP) is 3.78. The van der Waals surface area contributed by atoms with Crippen LogP contribution >= 0.6 is 11.8 Å². The Bertz CT molecular complexity index is 552. The highest BCUT2D eigenvalue weighted by Gasteiger charge is 2.31. The van der Waals surface area contributed by atoms with Crippen molar-refractivity contribution in [3.63, 3.8) is 0 Å². The average Bonchev–Trinajstić information content (AvgIpc) is 2.44. The van der Waals surface area contributed by atoms with E-state index in [-0.39, 0.29) is 23.3 Å². The quantitative estimate of drug-likeness (QED) is 0.808. The van der Waals surface area contributed by atoms with E-state index in [1.54, 1.807) is 6.07 Å². The highest BCUT2D eigenvalue weighted by Crippen LogP contribution is 2.32. The molecule has 0 aliphatic carbocycles. The fourth-order valence-electron chi connectivity index (χ4n) is 1.95. The van der Waals surface area contributed by atoms with E-state index < -0.39 is 17.8 Å². The zero-order valence-electron chi connectivity index (χ0n) is 12.3.